The number of carboxylic acid groups (broad SMARTS) is 1. The highest BCUT2D eigenvalue weighted by Crippen LogP contribution is 2.31. The Morgan fingerprint density at radius 3 is 2.90 bits per heavy atom. The van der Waals surface area contributed by atoms with E-state index in [4.69, 9.17) is 9.84 Å². The van der Waals surface area contributed by atoms with Crippen molar-refractivity contribution >= 4 is 5.97 Å². The monoisotopic (exact) mass is 274 g/mol. The van der Waals surface area contributed by atoms with E-state index in [-0.39, 0.29) is 17.5 Å². The second kappa shape index (κ2) is 4.97. The molecule has 6 nitrogen and oxygen atoms in total. The van der Waals surface area contributed by atoms with Crippen LogP contribution in [-0.4, -0.2) is 32.6 Å². The Balaban J connectivity index is 2.10. The van der Waals surface area contributed by atoms with E-state index in [2.05, 4.69) is 5.10 Å². The van der Waals surface area contributed by atoms with Crippen LogP contribution in [0.4, 0.5) is 0 Å². The summed E-state index contributed by atoms with van der Waals surface area (Å²) < 4.78 is 7.14. The molecular formula is C14H14N2O4. The largest absolute Gasteiger partial charge is 0.508 e. The molecule has 0 bridgehead atoms. The van der Waals surface area contributed by atoms with Crippen LogP contribution >= 0.6 is 0 Å². The Morgan fingerprint density at radius 1 is 1.40 bits per heavy atom. The van der Waals surface area contributed by atoms with Crippen LogP contribution in [0.15, 0.2) is 30.3 Å². The highest BCUT2D eigenvalue weighted by atomic mass is 16.5. The average molecular weight is 274 g/mol. The van der Waals surface area contributed by atoms with E-state index in [1.165, 1.54) is 16.8 Å². The molecule has 20 heavy (non-hydrogen) atoms. The van der Waals surface area contributed by atoms with Gasteiger partial charge in [-0.15, -0.1) is 0 Å². The van der Waals surface area contributed by atoms with E-state index in [1.54, 1.807) is 18.2 Å². The third-order valence-electron chi connectivity index (χ3n) is 3.29. The molecule has 1 unspecified atom stereocenters. The molecule has 1 saturated heterocycles. The number of carboxylic acids is 1. The quantitative estimate of drug-likeness (QED) is 0.895. The first-order valence-electron chi connectivity index (χ1n) is 6.39. The molecule has 0 radical (unpaired) electrons. The number of aromatic carboxylic acids is 1. The number of hydrogen-bond acceptors (Lipinski definition) is 4. The molecule has 1 fully saturated rings. The van der Waals surface area contributed by atoms with Crippen LogP contribution in [0.2, 0.25) is 0 Å². The molecule has 1 aromatic carbocycles. The molecule has 1 atom stereocenters. The summed E-state index contributed by atoms with van der Waals surface area (Å²) in [5.74, 6) is -0.976. The molecule has 2 N–H and O–H groups in total. The number of benzene rings is 1. The second-order valence-corrected chi connectivity index (χ2v) is 4.69. The Hall–Kier alpha value is -2.34. The minimum absolute atomic E-state index is 0.0288. The summed E-state index contributed by atoms with van der Waals surface area (Å²) in [4.78, 5) is 11.1. The van der Waals surface area contributed by atoms with Gasteiger partial charge in [-0.1, -0.05) is 6.07 Å². The number of aromatic hydroxyl groups is 1. The van der Waals surface area contributed by atoms with Crippen LogP contribution in [0.5, 0.6) is 5.75 Å². The lowest BCUT2D eigenvalue weighted by molar-refractivity contribution is 0.0690. The van der Waals surface area contributed by atoms with Gasteiger partial charge in [-0.05, 0) is 31.0 Å². The summed E-state index contributed by atoms with van der Waals surface area (Å²) in [5, 5.41) is 22.8. The first-order valence-corrected chi connectivity index (χ1v) is 6.39. The normalized spacial score (nSPS) is 18.3. The SMILES string of the molecule is O=C(O)c1cc(C2CCCO2)n(-c2cccc(O)c2)n1. The van der Waals surface area contributed by atoms with Gasteiger partial charge in [0, 0.05) is 12.7 Å². The number of phenols is 1. The van der Waals surface area contributed by atoms with E-state index < -0.39 is 5.97 Å². The van der Waals surface area contributed by atoms with E-state index in [1.807, 2.05) is 0 Å². The van der Waals surface area contributed by atoms with Crippen molar-refractivity contribution < 1.29 is 19.7 Å². The van der Waals surface area contributed by atoms with Gasteiger partial charge in [-0.2, -0.15) is 5.10 Å². The van der Waals surface area contributed by atoms with E-state index in [9.17, 15) is 9.90 Å². The summed E-state index contributed by atoms with van der Waals surface area (Å²) in [7, 11) is 0. The summed E-state index contributed by atoms with van der Waals surface area (Å²) >= 11 is 0. The van der Waals surface area contributed by atoms with Crippen molar-refractivity contribution in [3.8, 4) is 11.4 Å². The van der Waals surface area contributed by atoms with Crippen LogP contribution in [0.3, 0.4) is 0 Å². The third kappa shape index (κ3) is 2.25. The van der Waals surface area contributed by atoms with Gasteiger partial charge in [-0.3, -0.25) is 0 Å². The first-order chi connectivity index (χ1) is 9.65. The topological polar surface area (TPSA) is 84.6 Å². The number of nitrogens with zero attached hydrogens (tertiary/aromatic N) is 2. The maximum atomic E-state index is 11.1. The van der Waals surface area contributed by atoms with E-state index in [0.29, 0.717) is 18.0 Å². The molecule has 2 heterocycles. The van der Waals surface area contributed by atoms with Crippen molar-refractivity contribution in [1.82, 2.24) is 9.78 Å². The molecule has 3 rings (SSSR count). The predicted molar refractivity (Wildman–Crippen MR) is 70.1 cm³/mol. The molecule has 1 aliphatic heterocycles. The summed E-state index contributed by atoms with van der Waals surface area (Å²) in [6.45, 7) is 0.665. The van der Waals surface area contributed by atoms with Crippen molar-refractivity contribution in [2.45, 2.75) is 18.9 Å². The predicted octanol–water partition coefficient (Wildman–Crippen LogP) is 2.13. The highest BCUT2D eigenvalue weighted by Gasteiger charge is 2.25. The second-order valence-electron chi connectivity index (χ2n) is 4.69. The fourth-order valence-corrected chi connectivity index (χ4v) is 2.37. The lowest BCUT2D eigenvalue weighted by Crippen LogP contribution is -2.07. The Kier molecular flexibility index (Phi) is 3.15. The molecule has 0 amide bonds. The average Bonchev–Trinajstić information content (AvgIpc) is 3.07. The number of carbonyl (C=O) groups is 1. The maximum absolute atomic E-state index is 11.1. The molecule has 1 aromatic heterocycles. The van der Waals surface area contributed by atoms with Crippen LogP contribution in [0.25, 0.3) is 5.69 Å². The van der Waals surface area contributed by atoms with Gasteiger partial charge >= 0.3 is 5.97 Å². The van der Waals surface area contributed by atoms with Crippen molar-refractivity contribution in [3.05, 3.63) is 41.7 Å². The van der Waals surface area contributed by atoms with Gasteiger partial charge in [0.15, 0.2) is 5.69 Å². The summed E-state index contributed by atoms with van der Waals surface area (Å²) in [5.41, 5.74) is 1.28. The van der Waals surface area contributed by atoms with Crippen molar-refractivity contribution in [3.63, 3.8) is 0 Å². The Bertz CT molecular complexity index is 644. The number of phenolic OH excluding ortho intramolecular Hbond substituents is 1. The number of aromatic nitrogens is 2. The van der Waals surface area contributed by atoms with Gasteiger partial charge in [-0.25, -0.2) is 9.48 Å². The van der Waals surface area contributed by atoms with Gasteiger partial charge in [0.25, 0.3) is 0 Å². The zero-order chi connectivity index (χ0) is 14.1. The Labute approximate surface area is 115 Å². The fraction of sp³-hybridized carbons (Fsp3) is 0.286. The summed E-state index contributed by atoms with van der Waals surface area (Å²) in [6, 6.07) is 8.07. The van der Waals surface area contributed by atoms with Gasteiger partial charge in [0.05, 0.1) is 17.5 Å². The minimum Gasteiger partial charge on any atom is -0.508 e. The third-order valence-corrected chi connectivity index (χ3v) is 3.29. The first kappa shape index (κ1) is 12.7. The van der Waals surface area contributed by atoms with Crippen molar-refractivity contribution in [2.24, 2.45) is 0 Å². The molecule has 2 aromatic rings. The number of ether oxygens (including phenoxy) is 1. The van der Waals surface area contributed by atoms with Crippen LogP contribution in [0.1, 0.15) is 35.1 Å². The minimum atomic E-state index is -1.08. The number of rotatable bonds is 3. The highest BCUT2D eigenvalue weighted by molar-refractivity contribution is 5.85. The zero-order valence-electron chi connectivity index (χ0n) is 10.7. The molecule has 0 spiro atoms. The van der Waals surface area contributed by atoms with Crippen LogP contribution in [-0.2, 0) is 4.74 Å². The lowest BCUT2D eigenvalue weighted by Gasteiger charge is -2.12. The van der Waals surface area contributed by atoms with Crippen molar-refractivity contribution in [1.29, 1.82) is 0 Å². The zero-order valence-corrected chi connectivity index (χ0v) is 10.7. The fourth-order valence-electron chi connectivity index (χ4n) is 2.37. The smallest absolute Gasteiger partial charge is 0.356 e. The molecule has 1 aliphatic rings. The Morgan fingerprint density at radius 2 is 2.25 bits per heavy atom. The molecule has 104 valence electrons. The maximum Gasteiger partial charge on any atom is 0.356 e. The summed E-state index contributed by atoms with van der Waals surface area (Å²) in [6.07, 6.45) is 1.62. The molecule has 6 heteroatoms. The van der Waals surface area contributed by atoms with Gasteiger partial charge < -0.3 is 14.9 Å². The van der Waals surface area contributed by atoms with Gasteiger partial charge in [0.1, 0.15) is 5.75 Å². The van der Waals surface area contributed by atoms with E-state index in [0.717, 1.165) is 12.8 Å². The molecule has 0 aliphatic carbocycles. The van der Waals surface area contributed by atoms with E-state index >= 15 is 0 Å². The lowest BCUT2D eigenvalue weighted by atomic mass is 10.1. The number of hydrogen-bond donors (Lipinski definition) is 2. The molecular weight excluding hydrogens is 260 g/mol. The van der Waals surface area contributed by atoms with Crippen molar-refractivity contribution in [2.75, 3.05) is 6.61 Å². The molecule has 0 saturated carbocycles. The van der Waals surface area contributed by atoms with Crippen LogP contribution in [0, 0.1) is 0 Å². The van der Waals surface area contributed by atoms with Gasteiger partial charge in [0.2, 0.25) is 0 Å². The van der Waals surface area contributed by atoms with Crippen LogP contribution < -0.4 is 0 Å². The standard InChI is InChI=1S/C14H14N2O4/c17-10-4-1-3-9(7-10)16-12(13-5-2-6-20-13)8-11(15-16)14(18)19/h1,3-4,7-8,13,17H,2,5-6H2,(H,18,19).